The fourth-order valence-corrected chi connectivity index (χ4v) is 3.99. The second-order valence-electron chi connectivity index (χ2n) is 5.74. The third-order valence-electron chi connectivity index (χ3n) is 4.04. The number of thiazole rings is 1. The number of aryl methyl sites for hydroxylation is 2. The second-order valence-corrected chi connectivity index (χ2v) is 6.74. The van der Waals surface area contributed by atoms with Crippen molar-refractivity contribution < 1.29 is 14.3 Å². The zero-order valence-electron chi connectivity index (χ0n) is 13.4. The van der Waals surface area contributed by atoms with Gasteiger partial charge >= 0.3 is 0 Å². The molecule has 2 aromatic carbocycles. The van der Waals surface area contributed by atoms with Crippen LogP contribution in [0.4, 0.5) is 0 Å². The number of amides is 1. The third-order valence-corrected chi connectivity index (χ3v) is 5.13. The lowest BCUT2D eigenvalue weighted by Gasteiger charge is -2.01. The lowest BCUT2D eigenvalue weighted by atomic mass is 10.1. The average Bonchev–Trinajstić information content (AvgIpc) is 3.13. The maximum absolute atomic E-state index is 12.4. The summed E-state index contributed by atoms with van der Waals surface area (Å²) in [5.41, 5.74) is 3.17. The summed E-state index contributed by atoms with van der Waals surface area (Å²) in [6.45, 7) is 2.29. The number of para-hydroxylation sites is 1. The van der Waals surface area contributed by atoms with Crippen molar-refractivity contribution in [3.63, 3.8) is 0 Å². The molecule has 1 aliphatic heterocycles. The molecule has 0 radical (unpaired) electrons. The Hall–Kier alpha value is -2.60. The molecule has 0 N–H and O–H groups in total. The summed E-state index contributed by atoms with van der Waals surface area (Å²) in [6, 6.07) is 11.7. The van der Waals surface area contributed by atoms with Gasteiger partial charge in [-0.2, -0.15) is 4.99 Å². The molecule has 6 heteroatoms. The smallest absolute Gasteiger partial charge is 0.252 e. The van der Waals surface area contributed by atoms with Crippen LogP contribution in [0.5, 0.6) is 11.5 Å². The molecule has 4 rings (SSSR count). The average molecular weight is 340 g/mol. The maximum atomic E-state index is 12.4. The molecule has 2 heterocycles. The van der Waals surface area contributed by atoms with E-state index in [2.05, 4.69) is 18.0 Å². The summed E-state index contributed by atoms with van der Waals surface area (Å²) < 4.78 is 13.7. The molecule has 5 nitrogen and oxygen atoms in total. The van der Waals surface area contributed by atoms with Gasteiger partial charge in [-0.3, -0.25) is 4.79 Å². The lowest BCUT2D eigenvalue weighted by molar-refractivity contribution is -0.117. The summed E-state index contributed by atoms with van der Waals surface area (Å²) in [5.74, 6) is 1.23. The molecule has 1 amide bonds. The van der Waals surface area contributed by atoms with E-state index in [1.165, 1.54) is 16.9 Å². The van der Waals surface area contributed by atoms with Crippen molar-refractivity contribution in [2.45, 2.75) is 13.3 Å². The van der Waals surface area contributed by atoms with Crippen LogP contribution in [0.3, 0.4) is 0 Å². The first-order valence-corrected chi connectivity index (χ1v) is 8.45. The van der Waals surface area contributed by atoms with Gasteiger partial charge in [0, 0.05) is 7.05 Å². The van der Waals surface area contributed by atoms with Crippen LogP contribution in [0.25, 0.3) is 10.2 Å². The number of benzene rings is 2. The molecule has 0 fully saturated rings. The zero-order valence-corrected chi connectivity index (χ0v) is 14.2. The predicted octanol–water partition coefficient (Wildman–Crippen LogP) is 2.95. The molecule has 0 saturated heterocycles. The highest BCUT2D eigenvalue weighted by Crippen LogP contribution is 2.32. The number of hydrogen-bond acceptors (Lipinski definition) is 4. The molecule has 1 aliphatic rings. The van der Waals surface area contributed by atoms with Crippen LogP contribution < -0.4 is 14.3 Å². The van der Waals surface area contributed by atoms with E-state index in [0.717, 1.165) is 21.5 Å². The lowest BCUT2D eigenvalue weighted by Crippen LogP contribution is -2.14. The van der Waals surface area contributed by atoms with Crippen LogP contribution in [0.15, 0.2) is 41.4 Å². The molecule has 3 aromatic rings. The van der Waals surface area contributed by atoms with Gasteiger partial charge in [-0.25, -0.2) is 0 Å². The van der Waals surface area contributed by atoms with Crippen LogP contribution in [-0.4, -0.2) is 17.3 Å². The van der Waals surface area contributed by atoms with Gasteiger partial charge in [0.2, 0.25) is 6.79 Å². The molecular formula is C18H16N2O3S. The standard InChI is InChI=1S/C18H16N2O3S/c1-11-4-3-5-15-17(11)20(2)18(24-15)19-16(21)9-12-6-7-13-14(8-12)23-10-22-13/h3-8H,9-10H2,1-2H3. The topological polar surface area (TPSA) is 52.8 Å². The number of aromatic nitrogens is 1. The van der Waals surface area contributed by atoms with Crippen LogP contribution in [0.2, 0.25) is 0 Å². The molecule has 0 aliphatic carbocycles. The molecule has 0 atom stereocenters. The van der Waals surface area contributed by atoms with Gasteiger partial charge in [-0.15, -0.1) is 0 Å². The Morgan fingerprint density at radius 3 is 2.92 bits per heavy atom. The van der Waals surface area contributed by atoms with Crippen molar-refractivity contribution in [3.05, 3.63) is 52.3 Å². The fourth-order valence-electron chi connectivity index (χ4n) is 2.88. The molecule has 0 bridgehead atoms. The SMILES string of the molecule is Cc1cccc2sc(=NC(=O)Cc3ccc4c(c3)OCO4)n(C)c12. The Morgan fingerprint density at radius 2 is 2.08 bits per heavy atom. The van der Waals surface area contributed by atoms with Crippen LogP contribution in [-0.2, 0) is 18.3 Å². The minimum Gasteiger partial charge on any atom is -0.454 e. The van der Waals surface area contributed by atoms with Crippen molar-refractivity contribution in [3.8, 4) is 11.5 Å². The predicted molar refractivity (Wildman–Crippen MR) is 92.4 cm³/mol. The molecule has 0 saturated carbocycles. The van der Waals surface area contributed by atoms with Gasteiger partial charge in [0.1, 0.15) is 0 Å². The molecule has 122 valence electrons. The van der Waals surface area contributed by atoms with Crippen LogP contribution >= 0.6 is 11.3 Å². The number of carbonyl (C=O) groups is 1. The van der Waals surface area contributed by atoms with Crippen molar-refractivity contribution >= 4 is 27.5 Å². The number of nitrogens with zero attached hydrogens (tertiary/aromatic N) is 2. The van der Waals surface area contributed by atoms with Gasteiger partial charge in [0.25, 0.3) is 5.91 Å². The highest BCUT2D eigenvalue weighted by molar-refractivity contribution is 7.16. The molecule has 24 heavy (non-hydrogen) atoms. The van der Waals surface area contributed by atoms with E-state index in [0.29, 0.717) is 10.6 Å². The van der Waals surface area contributed by atoms with E-state index in [1.807, 2.05) is 41.9 Å². The minimum atomic E-state index is -0.173. The Kier molecular flexibility index (Phi) is 3.61. The second kappa shape index (κ2) is 5.79. The first-order chi connectivity index (χ1) is 11.6. The van der Waals surface area contributed by atoms with Gasteiger partial charge in [0.05, 0.1) is 16.6 Å². The van der Waals surface area contributed by atoms with E-state index in [-0.39, 0.29) is 19.1 Å². The van der Waals surface area contributed by atoms with Crippen molar-refractivity contribution in [2.75, 3.05) is 6.79 Å². The van der Waals surface area contributed by atoms with Gasteiger partial charge < -0.3 is 14.0 Å². The third kappa shape index (κ3) is 2.59. The quantitative estimate of drug-likeness (QED) is 0.721. The maximum Gasteiger partial charge on any atom is 0.252 e. The van der Waals surface area contributed by atoms with E-state index in [4.69, 9.17) is 9.47 Å². The van der Waals surface area contributed by atoms with E-state index < -0.39 is 0 Å². The Balaban J connectivity index is 1.65. The summed E-state index contributed by atoms with van der Waals surface area (Å²) in [6.07, 6.45) is 0.240. The first-order valence-electron chi connectivity index (χ1n) is 7.63. The van der Waals surface area contributed by atoms with E-state index >= 15 is 0 Å². The van der Waals surface area contributed by atoms with Crippen LogP contribution in [0.1, 0.15) is 11.1 Å². The summed E-state index contributed by atoms with van der Waals surface area (Å²) in [5, 5.41) is 0. The fraction of sp³-hybridized carbons (Fsp3) is 0.222. The Labute approximate surface area is 142 Å². The monoisotopic (exact) mass is 340 g/mol. The van der Waals surface area contributed by atoms with Gasteiger partial charge in [-0.1, -0.05) is 29.5 Å². The molecule has 0 spiro atoms. The Bertz CT molecular complexity index is 1020. The van der Waals surface area contributed by atoms with Crippen molar-refractivity contribution in [1.29, 1.82) is 0 Å². The van der Waals surface area contributed by atoms with Gasteiger partial charge in [-0.05, 0) is 36.2 Å². The first kappa shape index (κ1) is 15.0. The Morgan fingerprint density at radius 1 is 1.25 bits per heavy atom. The van der Waals surface area contributed by atoms with E-state index in [1.54, 1.807) is 0 Å². The number of rotatable bonds is 2. The zero-order chi connectivity index (χ0) is 16.7. The highest BCUT2D eigenvalue weighted by Gasteiger charge is 2.14. The number of carbonyl (C=O) groups excluding carboxylic acids is 1. The molecule has 0 unspecified atom stereocenters. The highest BCUT2D eigenvalue weighted by atomic mass is 32.1. The van der Waals surface area contributed by atoms with Crippen molar-refractivity contribution in [1.82, 2.24) is 4.57 Å². The van der Waals surface area contributed by atoms with E-state index in [9.17, 15) is 4.79 Å². The number of ether oxygens (including phenoxy) is 2. The molecule has 1 aromatic heterocycles. The van der Waals surface area contributed by atoms with Crippen LogP contribution in [0, 0.1) is 6.92 Å². The molecular weight excluding hydrogens is 324 g/mol. The van der Waals surface area contributed by atoms with Gasteiger partial charge in [0.15, 0.2) is 16.3 Å². The summed E-state index contributed by atoms with van der Waals surface area (Å²) in [4.78, 5) is 17.4. The number of hydrogen-bond donors (Lipinski definition) is 0. The summed E-state index contributed by atoms with van der Waals surface area (Å²) >= 11 is 1.53. The summed E-state index contributed by atoms with van der Waals surface area (Å²) in [7, 11) is 1.94. The van der Waals surface area contributed by atoms with Crippen molar-refractivity contribution in [2.24, 2.45) is 12.0 Å². The minimum absolute atomic E-state index is 0.173. The number of fused-ring (bicyclic) bond motifs is 2. The normalized spacial score (nSPS) is 13.7. The largest absolute Gasteiger partial charge is 0.454 e.